The zero-order chi connectivity index (χ0) is 15.9. The van der Waals surface area contributed by atoms with Gasteiger partial charge in [-0.3, -0.25) is 4.98 Å². The van der Waals surface area contributed by atoms with Crippen molar-refractivity contribution in [2.45, 2.75) is 19.6 Å². The Bertz CT molecular complexity index is 687. The minimum Gasteiger partial charge on any atom is -0.347 e. The van der Waals surface area contributed by atoms with Crippen LogP contribution in [0, 0.1) is 0 Å². The van der Waals surface area contributed by atoms with E-state index in [0.717, 1.165) is 24.6 Å². The maximum atomic E-state index is 5.70. The summed E-state index contributed by atoms with van der Waals surface area (Å²) in [7, 11) is 0. The Morgan fingerprint density at radius 2 is 1.35 bits per heavy atom. The SMILES string of the molecule is NCc1cncc(N(Cc2ccccc2)Cc2ccccc2)n1. The topological polar surface area (TPSA) is 55.0 Å². The fourth-order valence-electron chi connectivity index (χ4n) is 2.47. The molecule has 0 aliphatic carbocycles. The molecule has 3 aromatic rings. The average Bonchev–Trinajstić information content (AvgIpc) is 2.63. The van der Waals surface area contributed by atoms with Crippen LogP contribution in [0.25, 0.3) is 0 Å². The Morgan fingerprint density at radius 3 is 1.87 bits per heavy atom. The van der Waals surface area contributed by atoms with Crippen molar-refractivity contribution in [3.05, 3.63) is 89.9 Å². The van der Waals surface area contributed by atoms with Crippen LogP contribution in [-0.2, 0) is 19.6 Å². The first kappa shape index (κ1) is 15.2. The van der Waals surface area contributed by atoms with E-state index in [1.165, 1.54) is 11.1 Å². The molecule has 4 nitrogen and oxygen atoms in total. The summed E-state index contributed by atoms with van der Waals surface area (Å²) < 4.78 is 0. The smallest absolute Gasteiger partial charge is 0.148 e. The molecule has 1 heterocycles. The van der Waals surface area contributed by atoms with E-state index in [2.05, 4.69) is 63.4 Å². The van der Waals surface area contributed by atoms with Crippen molar-refractivity contribution >= 4 is 5.82 Å². The Balaban J connectivity index is 1.88. The number of anilines is 1. The Hall–Kier alpha value is -2.72. The Morgan fingerprint density at radius 1 is 0.783 bits per heavy atom. The van der Waals surface area contributed by atoms with Crippen molar-refractivity contribution in [3.8, 4) is 0 Å². The molecule has 2 N–H and O–H groups in total. The highest BCUT2D eigenvalue weighted by molar-refractivity contribution is 5.39. The third-order valence-corrected chi connectivity index (χ3v) is 3.64. The van der Waals surface area contributed by atoms with Crippen molar-refractivity contribution in [1.82, 2.24) is 9.97 Å². The molecule has 0 spiro atoms. The van der Waals surface area contributed by atoms with Gasteiger partial charge in [-0.15, -0.1) is 0 Å². The summed E-state index contributed by atoms with van der Waals surface area (Å²) in [5.74, 6) is 0.848. The second kappa shape index (κ2) is 7.51. The number of hydrogen-bond acceptors (Lipinski definition) is 4. The summed E-state index contributed by atoms with van der Waals surface area (Å²) in [4.78, 5) is 11.1. The molecular weight excluding hydrogens is 284 g/mol. The van der Waals surface area contributed by atoms with Crippen molar-refractivity contribution in [1.29, 1.82) is 0 Å². The summed E-state index contributed by atoms with van der Waals surface area (Å²) in [6.07, 6.45) is 3.51. The molecule has 23 heavy (non-hydrogen) atoms. The molecule has 0 saturated heterocycles. The second-order valence-corrected chi connectivity index (χ2v) is 5.40. The standard InChI is InChI=1S/C19H20N4/c20-11-18-12-21-13-19(22-18)23(14-16-7-3-1-4-8-16)15-17-9-5-2-6-10-17/h1-10,12-13H,11,14-15,20H2. The number of hydrogen-bond donors (Lipinski definition) is 1. The molecule has 1 aromatic heterocycles. The lowest BCUT2D eigenvalue weighted by Crippen LogP contribution is -2.24. The molecule has 3 rings (SSSR count). The van der Waals surface area contributed by atoms with Gasteiger partial charge in [-0.2, -0.15) is 0 Å². The van der Waals surface area contributed by atoms with Gasteiger partial charge in [-0.05, 0) is 11.1 Å². The molecule has 0 amide bonds. The number of nitrogens with two attached hydrogens (primary N) is 1. The maximum absolute atomic E-state index is 5.70. The monoisotopic (exact) mass is 304 g/mol. The molecule has 0 unspecified atom stereocenters. The Labute approximate surface area is 136 Å². The van der Waals surface area contributed by atoms with Gasteiger partial charge in [0.15, 0.2) is 0 Å². The fraction of sp³-hybridized carbons (Fsp3) is 0.158. The van der Waals surface area contributed by atoms with Gasteiger partial charge in [0.1, 0.15) is 5.82 Å². The van der Waals surface area contributed by atoms with E-state index in [9.17, 15) is 0 Å². The van der Waals surface area contributed by atoms with Crippen LogP contribution in [0.5, 0.6) is 0 Å². The molecule has 0 bridgehead atoms. The summed E-state index contributed by atoms with van der Waals surface area (Å²) in [5.41, 5.74) is 8.98. The Kier molecular flexibility index (Phi) is 4.96. The van der Waals surface area contributed by atoms with E-state index >= 15 is 0 Å². The predicted octanol–water partition coefficient (Wildman–Crippen LogP) is 3.14. The highest BCUT2D eigenvalue weighted by Crippen LogP contribution is 2.17. The van der Waals surface area contributed by atoms with Crippen molar-refractivity contribution in [2.24, 2.45) is 5.73 Å². The van der Waals surface area contributed by atoms with Crippen LogP contribution in [-0.4, -0.2) is 9.97 Å². The quantitative estimate of drug-likeness (QED) is 0.760. The van der Waals surface area contributed by atoms with Crippen LogP contribution in [0.3, 0.4) is 0 Å². The first-order valence-corrected chi connectivity index (χ1v) is 7.69. The molecule has 0 aliphatic rings. The van der Waals surface area contributed by atoms with E-state index in [-0.39, 0.29) is 0 Å². The molecular formula is C19H20N4. The average molecular weight is 304 g/mol. The van der Waals surface area contributed by atoms with Gasteiger partial charge in [-0.1, -0.05) is 60.7 Å². The van der Waals surface area contributed by atoms with Crippen LogP contribution >= 0.6 is 0 Å². The molecule has 0 aliphatic heterocycles. The van der Waals surface area contributed by atoms with Crippen LogP contribution in [0.15, 0.2) is 73.1 Å². The second-order valence-electron chi connectivity index (χ2n) is 5.40. The highest BCUT2D eigenvalue weighted by Gasteiger charge is 2.11. The minimum absolute atomic E-state index is 0.394. The van der Waals surface area contributed by atoms with Crippen LogP contribution in [0.2, 0.25) is 0 Å². The summed E-state index contributed by atoms with van der Waals surface area (Å²) >= 11 is 0. The lowest BCUT2D eigenvalue weighted by Gasteiger charge is -2.24. The van der Waals surface area contributed by atoms with Crippen LogP contribution in [0.4, 0.5) is 5.82 Å². The van der Waals surface area contributed by atoms with Gasteiger partial charge < -0.3 is 10.6 Å². The summed E-state index contributed by atoms with van der Waals surface area (Å²) in [6.45, 7) is 1.95. The predicted molar refractivity (Wildman–Crippen MR) is 92.7 cm³/mol. The van der Waals surface area contributed by atoms with Gasteiger partial charge in [0.05, 0.1) is 11.9 Å². The first-order valence-electron chi connectivity index (χ1n) is 7.69. The molecule has 0 fully saturated rings. The van der Waals surface area contributed by atoms with Crippen LogP contribution < -0.4 is 10.6 Å². The van der Waals surface area contributed by atoms with E-state index in [0.29, 0.717) is 6.54 Å². The van der Waals surface area contributed by atoms with Gasteiger partial charge in [-0.25, -0.2) is 4.98 Å². The number of nitrogens with zero attached hydrogens (tertiary/aromatic N) is 3. The van der Waals surface area contributed by atoms with Crippen molar-refractivity contribution in [3.63, 3.8) is 0 Å². The van der Waals surface area contributed by atoms with E-state index in [1.54, 1.807) is 12.4 Å². The van der Waals surface area contributed by atoms with E-state index < -0.39 is 0 Å². The normalized spacial score (nSPS) is 10.5. The zero-order valence-corrected chi connectivity index (χ0v) is 13.0. The maximum Gasteiger partial charge on any atom is 0.148 e. The van der Waals surface area contributed by atoms with Gasteiger partial charge in [0, 0.05) is 25.8 Å². The van der Waals surface area contributed by atoms with E-state index in [4.69, 9.17) is 5.73 Å². The lowest BCUT2D eigenvalue weighted by atomic mass is 10.1. The number of aromatic nitrogens is 2. The largest absolute Gasteiger partial charge is 0.347 e. The van der Waals surface area contributed by atoms with Crippen molar-refractivity contribution < 1.29 is 0 Å². The molecule has 116 valence electrons. The zero-order valence-electron chi connectivity index (χ0n) is 13.0. The van der Waals surface area contributed by atoms with Crippen molar-refractivity contribution in [2.75, 3.05) is 4.90 Å². The van der Waals surface area contributed by atoms with Crippen LogP contribution in [0.1, 0.15) is 16.8 Å². The molecule has 0 saturated carbocycles. The lowest BCUT2D eigenvalue weighted by molar-refractivity contribution is 0.771. The fourth-order valence-corrected chi connectivity index (χ4v) is 2.47. The summed E-state index contributed by atoms with van der Waals surface area (Å²) in [5, 5.41) is 0. The third-order valence-electron chi connectivity index (χ3n) is 3.64. The molecule has 0 radical (unpaired) electrons. The third kappa shape index (κ3) is 4.14. The highest BCUT2D eigenvalue weighted by atomic mass is 15.2. The van der Waals surface area contributed by atoms with Gasteiger partial charge in [0.25, 0.3) is 0 Å². The van der Waals surface area contributed by atoms with E-state index in [1.807, 2.05) is 12.1 Å². The molecule has 4 heteroatoms. The minimum atomic E-state index is 0.394. The van der Waals surface area contributed by atoms with Gasteiger partial charge >= 0.3 is 0 Å². The first-order chi connectivity index (χ1) is 11.3. The summed E-state index contributed by atoms with van der Waals surface area (Å²) in [6, 6.07) is 20.8. The molecule has 0 atom stereocenters. The van der Waals surface area contributed by atoms with Gasteiger partial charge in [0.2, 0.25) is 0 Å². The number of rotatable bonds is 6. The molecule has 2 aromatic carbocycles. The number of benzene rings is 2.